The zero-order chi connectivity index (χ0) is 23.8. The normalized spacial score (nSPS) is 19.7. The van der Waals surface area contributed by atoms with Crippen LogP contribution in [0.1, 0.15) is 30.6 Å². The van der Waals surface area contributed by atoms with Gasteiger partial charge in [0.25, 0.3) is 5.91 Å². The number of anilines is 1. The van der Waals surface area contributed by atoms with E-state index in [1.165, 1.54) is 19.2 Å². The van der Waals surface area contributed by atoms with Crippen LogP contribution in [0.15, 0.2) is 24.4 Å². The number of alkyl halides is 3. The summed E-state index contributed by atoms with van der Waals surface area (Å²) in [5.41, 5.74) is 6.29. The Morgan fingerprint density at radius 1 is 1.38 bits per heavy atom. The van der Waals surface area contributed by atoms with Crippen LogP contribution < -0.4 is 20.7 Å². The maximum atomic E-state index is 14.2. The Labute approximate surface area is 187 Å². The van der Waals surface area contributed by atoms with Crippen molar-refractivity contribution in [2.24, 2.45) is 5.73 Å². The van der Waals surface area contributed by atoms with Gasteiger partial charge >= 0.3 is 6.18 Å². The van der Waals surface area contributed by atoms with E-state index in [2.05, 4.69) is 4.98 Å². The smallest absolute Gasteiger partial charge is 0.408 e. The van der Waals surface area contributed by atoms with Crippen LogP contribution in [0.4, 0.5) is 23.2 Å². The zero-order valence-electron chi connectivity index (χ0n) is 17.7. The van der Waals surface area contributed by atoms with Gasteiger partial charge in [0.1, 0.15) is 11.9 Å². The SMILES string of the molecule is COc1ncc(C(=O)N[C@@H](C)C(F)(F)F)c(N2CC[C@](C)(N)C2)c1-c1cc(F)cc(Cl)c1. The van der Waals surface area contributed by atoms with E-state index in [0.29, 0.717) is 19.5 Å². The first-order chi connectivity index (χ1) is 14.8. The highest BCUT2D eigenvalue weighted by atomic mass is 35.5. The molecule has 1 fully saturated rings. The molecule has 2 atom stereocenters. The highest BCUT2D eigenvalue weighted by molar-refractivity contribution is 6.31. The molecular formula is C21H23ClF4N4O2. The van der Waals surface area contributed by atoms with Crippen LogP contribution in [0, 0.1) is 5.82 Å². The largest absolute Gasteiger partial charge is 0.480 e. The predicted molar refractivity (Wildman–Crippen MR) is 114 cm³/mol. The zero-order valence-corrected chi connectivity index (χ0v) is 18.4. The number of aromatic nitrogens is 1. The van der Waals surface area contributed by atoms with Crippen LogP contribution >= 0.6 is 11.6 Å². The Hall–Kier alpha value is -2.59. The number of benzene rings is 1. The third-order valence-electron chi connectivity index (χ3n) is 5.27. The van der Waals surface area contributed by atoms with Crippen molar-refractivity contribution in [2.75, 3.05) is 25.1 Å². The van der Waals surface area contributed by atoms with Crippen molar-refractivity contribution in [2.45, 2.75) is 38.0 Å². The van der Waals surface area contributed by atoms with Gasteiger partial charge in [0, 0.05) is 29.8 Å². The second-order valence-corrected chi connectivity index (χ2v) is 8.56. The number of carbonyl (C=O) groups is 1. The molecule has 0 unspecified atom stereocenters. The molecule has 1 aliphatic rings. The lowest BCUT2D eigenvalue weighted by molar-refractivity contribution is -0.149. The first-order valence-corrected chi connectivity index (χ1v) is 10.1. The Balaban J connectivity index is 2.23. The number of nitrogens with two attached hydrogens (primary N) is 1. The van der Waals surface area contributed by atoms with Crippen molar-refractivity contribution in [1.29, 1.82) is 0 Å². The standard InChI is InChI=1S/C21H23ClF4N4O2/c1-11(21(24,25)26)29-18(31)15-9-28-19(32-3)16(12-6-13(22)8-14(23)7-12)17(15)30-5-4-20(2,27)10-30/h6-9,11H,4-5,10,27H2,1-3H3,(H,29,31)/t11-,20-/m0/s1. The Kier molecular flexibility index (Phi) is 6.57. The third kappa shape index (κ3) is 5.07. The number of nitrogens with one attached hydrogen (secondary N) is 1. The fourth-order valence-corrected chi connectivity index (χ4v) is 3.85. The molecule has 1 amide bonds. The summed E-state index contributed by atoms with van der Waals surface area (Å²) in [5, 5.41) is 2.05. The number of pyridine rings is 1. The van der Waals surface area contributed by atoms with Crippen molar-refractivity contribution in [3.05, 3.63) is 40.8 Å². The van der Waals surface area contributed by atoms with Gasteiger partial charge in [-0.3, -0.25) is 4.79 Å². The van der Waals surface area contributed by atoms with Gasteiger partial charge in [-0.15, -0.1) is 0 Å². The van der Waals surface area contributed by atoms with Gasteiger partial charge in [-0.1, -0.05) is 11.6 Å². The predicted octanol–water partition coefficient (Wildman–Crippen LogP) is 4.16. The summed E-state index contributed by atoms with van der Waals surface area (Å²) < 4.78 is 58.7. The monoisotopic (exact) mass is 474 g/mol. The summed E-state index contributed by atoms with van der Waals surface area (Å²) in [5.74, 6) is -1.55. The first kappa shape index (κ1) is 24.1. The second-order valence-electron chi connectivity index (χ2n) is 8.13. The average Bonchev–Trinajstić information content (AvgIpc) is 3.04. The summed E-state index contributed by atoms with van der Waals surface area (Å²) in [6, 6.07) is 1.67. The molecule has 2 heterocycles. The molecule has 0 spiro atoms. The molecule has 1 saturated heterocycles. The molecule has 0 aliphatic carbocycles. The number of carbonyl (C=O) groups excluding carboxylic acids is 1. The molecule has 1 aliphatic heterocycles. The highest BCUT2D eigenvalue weighted by Crippen LogP contribution is 2.43. The van der Waals surface area contributed by atoms with Gasteiger partial charge in [-0.25, -0.2) is 9.37 Å². The van der Waals surface area contributed by atoms with Crippen LogP contribution in [0.25, 0.3) is 11.1 Å². The Morgan fingerprint density at radius 2 is 2.06 bits per heavy atom. The van der Waals surface area contributed by atoms with Crippen molar-refractivity contribution >= 4 is 23.2 Å². The lowest BCUT2D eigenvalue weighted by Crippen LogP contribution is -2.44. The fourth-order valence-electron chi connectivity index (χ4n) is 3.62. The van der Waals surface area contributed by atoms with Crippen molar-refractivity contribution in [1.82, 2.24) is 10.3 Å². The van der Waals surface area contributed by atoms with Gasteiger partial charge < -0.3 is 20.7 Å². The molecular weight excluding hydrogens is 452 g/mol. The quantitative estimate of drug-likeness (QED) is 0.636. The van der Waals surface area contributed by atoms with E-state index in [1.807, 2.05) is 12.2 Å². The molecule has 2 aromatic rings. The molecule has 0 bridgehead atoms. The minimum absolute atomic E-state index is 0.0627. The van der Waals surface area contributed by atoms with Crippen LogP contribution in [0.2, 0.25) is 5.02 Å². The highest BCUT2D eigenvalue weighted by Gasteiger charge is 2.39. The molecule has 3 N–H and O–H groups in total. The molecule has 1 aromatic carbocycles. The Bertz CT molecular complexity index is 1010. The summed E-state index contributed by atoms with van der Waals surface area (Å²) in [4.78, 5) is 18.8. The molecule has 3 rings (SSSR count). The van der Waals surface area contributed by atoms with Crippen LogP contribution in [-0.2, 0) is 0 Å². The minimum Gasteiger partial charge on any atom is -0.480 e. The van der Waals surface area contributed by atoms with Crippen molar-refractivity contribution in [3.63, 3.8) is 0 Å². The molecule has 1 aromatic heterocycles. The molecule has 32 heavy (non-hydrogen) atoms. The lowest BCUT2D eigenvalue weighted by atomic mass is 10.00. The summed E-state index contributed by atoms with van der Waals surface area (Å²) in [7, 11) is 1.35. The molecule has 6 nitrogen and oxygen atoms in total. The number of methoxy groups -OCH3 is 1. The molecule has 0 saturated carbocycles. The van der Waals surface area contributed by atoms with Crippen molar-refractivity contribution < 1.29 is 27.1 Å². The number of hydrogen-bond acceptors (Lipinski definition) is 5. The van der Waals surface area contributed by atoms with E-state index in [0.717, 1.165) is 19.2 Å². The number of nitrogens with zero attached hydrogens (tertiary/aromatic N) is 2. The molecule has 11 heteroatoms. The van der Waals surface area contributed by atoms with E-state index in [4.69, 9.17) is 22.1 Å². The number of ether oxygens (including phenoxy) is 1. The van der Waals surface area contributed by atoms with E-state index >= 15 is 0 Å². The van der Waals surface area contributed by atoms with Crippen molar-refractivity contribution in [3.8, 4) is 17.0 Å². The fraction of sp³-hybridized carbons (Fsp3) is 0.429. The lowest BCUT2D eigenvalue weighted by Gasteiger charge is -2.28. The average molecular weight is 475 g/mol. The van der Waals surface area contributed by atoms with Gasteiger partial charge in [0.05, 0.1) is 23.9 Å². The number of hydrogen-bond donors (Lipinski definition) is 2. The van der Waals surface area contributed by atoms with E-state index < -0.39 is 29.5 Å². The summed E-state index contributed by atoms with van der Waals surface area (Å²) in [6.07, 6.45) is -2.91. The first-order valence-electron chi connectivity index (χ1n) is 9.77. The summed E-state index contributed by atoms with van der Waals surface area (Å²) >= 11 is 6.04. The van der Waals surface area contributed by atoms with E-state index in [1.54, 1.807) is 4.90 Å². The van der Waals surface area contributed by atoms with E-state index in [-0.39, 0.29) is 33.3 Å². The number of rotatable bonds is 5. The maximum absolute atomic E-state index is 14.2. The minimum atomic E-state index is -4.63. The van der Waals surface area contributed by atoms with Crippen LogP contribution in [0.3, 0.4) is 0 Å². The summed E-state index contributed by atoms with van der Waals surface area (Å²) in [6.45, 7) is 3.40. The van der Waals surface area contributed by atoms with Gasteiger partial charge in [0.2, 0.25) is 5.88 Å². The Morgan fingerprint density at radius 3 is 2.59 bits per heavy atom. The maximum Gasteiger partial charge on any atom is 0.408 e. The van der Waals surface area contributed by atoms with E-state index in [9.17, 15) is 22.4 Å². The van der Waals surface area contributed by atoms with Crippen LogP contribution in [-0.4, -0.2) is 48.8 Å². The topological polar surface area (TPSA) is 80.5 Å². The number of amides is 1. The molecule has 0 radical (unpaired) electrons. The van der Waals surface area contributed by atoms with Gasteiger partial charge in [-0.2, -0.15) is 13.2 Å². The number of halogens is 5. The second kappa shape index (κ2) is 8.74. The van der Waals surface area contributed by atoms with Gasteiger partial charge in [-0.05, 0) is 44.0 Å². The van der Waals surface area contributed by atoms with Crippen LogP contribution in [0.5, 0.6) is 5.88 Å². The molecule has 174 valence electrons. The van der Waals surface area contributed by atoms with Gasteiger partial charge in [0.15, 0.2) is 0 Å². The third-order valence-corrected chi connectivity index (χ3v) is 5.48.